The van der Waals surface area contributed by atoms with Crippen molar-refractivity contribution < 1.29 is 22.7 Å². The first-order valence-electron chi connectivity index (χ1n) is 13.9. The van der Waals surface area contributed by atoms with Crippen LogP contribution >= 0.6 is 0 Å². The number of amides is 1. The molecule has 0 aromatic heterocycles. The summed E-state index contributed by atoms with van der Waals surface area (Å²) < 4.78 is 41.5. The summed E-state index contributed by atoms with van der Waals surface area (Å²) >= 11 is 0. The molecule has 1 saturated heterocycles. The van der Waals surface area contributed by atoms with E-state index in [-0.39, 0.29) is 16.7 Å². The van der Waals surface area contributed by atoms with Gasteiger partial charge in [0.05, 0.1) is 12.0 Å². The van der Waals surface area contributed by atoms with Crippen molar-refractivity contribution in [2.75, 3.05) is 40.4 Å². The lowest BCUT2D eigenvalue weighted by Gasteiger charge is -2.51. The van der Waals surface area contributed by atoms with Crippen LogP contribution in [0.25, 0.3) is 0 Å². The first-order valence-corrected chi connectivity index (χ1v) is 15.4. The van der Waals surface area contributed by atoms with Gasteiger partial charge in [0.25, 0.3) is 5.91 Å². The standard InChI is InChI=1S/C28H45N3O5S/c1-22(2)30-18-20-31(21-19-30)26(32)28(36-4)16-14-27(15-17-28,23-8-6-5-7-9-23)29-37(33,34)25-12-10-24(35-3)11-13-25/h10-13,22-23,29H,5-9,14-21H2,1-4H3. The van der Waals surface area contributed by atoms with Gasteiger partial charge in [0, 0.05) is 44.9 Å². The van der Waals surface area contributed by atoms with Gasteiger partial charge < -0.3 is 14.4 Å². The van der Waals surface area contributed by atoms with Crippen LogP contribution in [0.3, 0.4) is 0 Å². The van der Waals surface area contributed by atoms with Crippen molar-refractivity contribution in [2.45, 2.75) is 93.7 Å². The highest BCUT2D eigenvalue weighted by Crippen LogP contribution is 2.47. The quantitative estimate of drug-likeness (QED) is 0.545. The van der Waals surface area contributed by atoms with Gasteiger partial charge in [-0.05, 0) is 82.6 Å². The van der Waals surface area contributed by atoms with Crippen molar-refractivity contribution in [2.24, 2.45) is 5.92 Å². The minimum atomic E-state index is -3.74. The van der Waals surface area contributed by atoms with Gasteiger partial charge in [0.2, 0.25) is 10.0 Å². The van der Waals surface area contributed by atoms with Crippen LogP contribution in [0.15, 0.2) is 29.2 Å². The summed E-state index contributed by atoms with van der Waals surface area (Å²) in [5.41, 5.74) is -1.46. The molecule has 4 rings (SSSR count). The van der Waals surface area contributed by atoms with Gasteiger partial charge in [-0.15, -0.1) is 0 Å². The summed E-state index contributed by atoms with van der Waals surface area (Å²) in [7, 11) is -0.538. The molecule has 0 atom stereocenters. The van der Waals surface area contributed by atoms with Gasteiger partial charge in [-0.25, -0.2) is 13.1 Å². The molecule has 1 heterocycles. The van der Waals surface area contributed by atoms with Gasteiger partial charge in [-0.3, -0.25) is 9.69 Å². The van der Waals surface area contributed by atoms with E-state index >= 15 is 0 Å². The molecule has 1 aromatic carbocycles. The fraction of sp³-hybridized carbons (Fsp3) is 0.750. The normalized spacial score (nSPS) is 28.4. The zero-order chi connectivity index (χ0) is 26.7. The molecule has 208 valence electrons. The number of piperazine rings is 1. The zero-order valence-electron chi connectivity index (χ0n) is 23.0. The number of carbonyl (C=O) groups excluding carboxylic acids is 1. The van der Waals surface area contributed by atoms with Crippen molar-refractivity contribution in [1.29, 1.82) is 0 Å². The molecule has 0 unspecified atom stereocenters. The number of ether oxygens (including phenoxy) is 2. The molecular formula is C28H45N3O5S. The minimum Gasteiger partial charge on any atom is -0.497 e. The zero-order valence-corrected chi connectivity index (χ0v) is 23.8. The molecule has 1 amide bonds. The highest BCUT2D eigenvalue weighted by atomic mass is 32.2. The second-order valence-electron chi connectivity index (χ2n) is 11.4. The summed E-state index contributed by atoms with van der Waals surface area (Å²) in [6.07, 6.45) is 7.68. The number of nitrogens with one attached hydrogen (secondary N) is 1. The van der Waals surface area contributed by atoms with Crippen LogP contribution in [0.4, 0.5) is 0 Å². The third-order valence-electron chi connectivity index (χ3n) is 9.16. The molecule has 0 radical (unpaired) electrons. The van der Waals surface area contributed by atoms with E-state index in [1.54, 1.807) is 38.5 Å². The van der Waals surface area contributed by atoms with Gasteiger partial charge in [-0.1, -0.05) is 19.3 Å². The fourth-order valence-corrected chi connectivity index (χ4v) is 8.18. The molecule has 1 aliphatic heterocycles. The van der Waals surface area contributed by atoms with E-state index < -0.39 is 21.2 Å². The highest BCUT2D eigenvalue weighted by molar-refractivity contribution is 7.89. The van der Waals surface area contributed by atoms with Crippen LogP contribution in [-0.4, -0.2) is 81.7 Å². The van der Waals surface area contributed by atoms with Crippen molar-refractivity contribution in [3.8, 4) is 5.75 Å². The average molecular weight is 536 g/mol. The Hall–Kier alpha value is -1.68. The van der Waals surface area contributed by atoms with Gasteiger partial charge in [-0.2, -0.15) is 0 Å². The molecule has 0 spiro atoms. The Morgan fingerprint density at radius 3 is 2.05 bits per heavy atom. The number of sulfonamides is 1. The molecule has 1 aromatic rings. The smallest absolute Gasteiger partial charge is 0.254 e. The number of benzene rings is 1. The number of methoxy groups -OCH3 is 2. The van der Waals surface area contributed by atoms with Crippen LogP contribution in [0.2, 0.25) is 0 Å². The van der Waals surface area contributed by atoms with Crippen molar-refractivity contribution in [1.82, 2.24) is 14.5 Å². The number of nitrogens with zero attached hydrogens (tertiary/aromatic N) is 2. The Kier molecular flexibility index (Phi) is 8.88. The first-order chi connectivity index (χ1) is 17.6. The fourth-order valence-electron chi connectivity index (χ4n) is 6.67. The lowest BCUT2D eigenvalue weighted by molar-refractivity contribution is -0.164. The van der Waals surface area contributed by atoms with Crippen molar-refractivity contribution in [3.05, 3.63) is 24.3 Å². The van der Waals surface area contributed by atoms with E-state index in [0.29, 0.717) is 50.6 Å². The highest BCUT2D eigenvalue weighted by Gasteiger charge is 2.53. The lowest BCUT2D eigenvalue weighted by atomic mass is 9.64. The molecule has 8 nitrogen and oxygen atoms in total. The van der Waals surface area contributed by atoms with Crippen LogP contribution < -0.4 is 9.46 Å². The van der Waals surface area contributed by atoms with Crippen LogP contribution in [0.1, 0.15) is 71.6 Å². The van der Waals surface area contributed by atoms with Crippen LogP contribution in [0.5, 0.6) is 5.75 Å². The average Bonchev–Trinajstić information content (AvgIpc) is 2.93. The third-order valence-corrected chi connectivity index (χ3v) is 10.7. The summed E-state index contributed by atoms with van der Waals surface area (Å²) in [5, 5.41) is 0. The maximum Gasteiger partial charge on any atom is 0.254 e. The van der Waals surface area contributed by atoms with Gasteiger partial charge in [0.15, 0.2) is 0 Å². The Bertz CT molecular complexity index is 1000. The van der Waals surface area contributed by atoms with Gasteiger partial charge in [0.1, 0.15) is 11.4 Å². The molecule has 2 saturated carbocycles. The first kappa shape index (κ1) is 28.3. The lowest BCUT2D eigenvalue weighted by Crippen LogP contribution is -2.63. The number of hydrogen-bond donors (Lipinski definition) is 1. The van der Waals surface area contributed by atoms with E-state index in [9.17, 15) is 13.2 Å². The largest absolute Gasteiger partial charge is 0.497 e. The summed E-state index contributed by atoms with van der Waals surface area (Å²) in [6.45, 7) is 7.54. The predicted molar refractivity (Wildman–Crippen MR) is 144 cm³/mol. The van der Waals surface area contributed by atoms with Crippen molar-refractivity contribution >= 4 is 15.9 Å². The second kappa shape index (κ2) is 11.6. The van der Waals surface area contributed by atoms with E-state index in [0.717, 1.165) is 38.8 Å². The van der Waals surface area contributed by atoms with E-state index in [2.05, 4.69) is 23.5 Å². The van der Waals surface area contributed by atoms with E-state index in [1.165, 1.54) is 6.42 Å². The number of carbonyl (C=O) groups is 1. The summed E-state index contributed by atoms with van der Waals surface area (Å²) in [4.78, 5) is 18.4. The number of rotatable bonds is 8. The maximum absolute atomic E-state index is 13.8. The number of hydrogen-bond acceptors (Lipinski definition) is 6. The van der Waals surface area contributed by atoms with Gasteiger partial charge >= 0.3 is 0 Å². The summed E-state index contributed by atoms with van der Waals surface area (Å²) in [6, 6.07) is 7.02. The SMILES string of the molecule is COc1ccc(S(=O)(=O)NC2(C3CCCCC3)CCC(OC)(C(=O)N3CCN(C(C)C)CC3)CC2)cc1. The monoisotopic (exact) mass is 535 g/mol. The van der Waals surface area contributed by atoms with Crippen molar-refractivity contribution in [3.63, 3.8) is 0 Å². The molecule has 1 N–H and O–H groups in total. The van der Waals surface area contributed by atoms with E-state index in [4.69, 9.17) is 9.47 Å². The Labute approximate surface area is 223 Å². The Balaban J connectivity index is 1.53. The second-order valence-corrected chi connectivity index (χ2v) is 13.1. The Morgan fingerprint density at radius 2 is 1.54 bits per heavy atom. The molecular weight excluding hydrogens is 490 g/mol. The van der Waals surface area contributed by atoms with Crippen LogP contribution in [0, 0.1) is 5.92 Å². The minimum absolute atomic E-state index is 0.0636. The molecule has 9 heteroatoms. The molecule has 0 bridgehead atoms. The van der Waals surface area contributed by atoms with E-state index in [1.807, 2.05) is 4.90 Å². The third kappa shape index (κ3) is 6.00. The van der Waals surface area contributed by atoms with Crippen LogP contribution in [-0.2, 0) is 19.6 Å². The molecule has 3 aliphatic rings. The summed E-state index contributed by atoms with van der Waals surface area (Å²) in [5.74, 6) is 0.943. The maximum atomic E-state index is 13.8. The molecule has 3 fully saturated rings. The molecule has 2 aliphatic carbocycles. The predicted octanol–water partition coefficient (Wildman–Crippen LogP) is 3.80. The molecule has 37 heavy (non-hydrogen) atoms. The Morgan fingerprint density at radius 1 is 0.946 bits per heavy atom. The topological polar surface area (TPSA) is 88.2 Å².